The molecule has 0 radical (unpaired) electrons. The first-order chi connectivity index (χ1) is 9.55. The fourth-order valence-corrected chi connectivity index (χ4v) is 2.68. The Hall–Kier alpha value is -1.96. The summed E-state index contributed by atoms with van der Waals surface area (Å²) in [5, 5.41) is 10.2. The molecule has 2 aromatic carbocycles. The van der Waals surface area contributed by atoms with Gasteiger partial charge in [0.1, 0.15) is 11.5 Å². The molecule has 0 saturated carbocycles. The van der Waals surface area contributed by atoms with Gasteiger partial charge in [0.15, 0.2) is 0 Å². The van der Waals surface area contributed by atoms with Gasteiger partial charge in [-0.25, -0.2) is 0 Å². The van der Waals surface area contributed by atoms with Gasteiger partial charge in [-0.05, 0) is 49.6 Å². The van der Waals surface area contributed by atoms with Gasteiger partial charge in [-0.1, -0.05) is 30.7 Å². The molecule has 0 amide bonds. The molecule has 1 N–H and O–H groups in total. The van der Waals surface area contributed by atoms with Crippen molar-refractivity contribution in [3.8, 4) is 11.5 Å². The summed E-state index contributed by atoms with van der Waals surface area (Å²) in [6.45, 7) is 6.25. The van der Waals surface area contributed by atoms with Crippen molar-refractivity contribution in [1.29, 1.82) is 0 Å². The van der Waals surface area contributed by atoms with Crippen molar-refractivity contribution in [3.05, 3.63) is 58.7 Å². The third-order valence-corrected chi connectivity index (χ3v) is 3.68. The second-order valence-corrected chi connectivity index (χ2v) is 5.31. The monoisotopic (exact) mass is 270 g/mol. The SMILES string of the molecule is CCC(c1cc(C)cc(OC)c1)c1cc(C)ccc1O. The van der Waals surface area contributed by atoms with Crippen LogP contribution in [0.2, 0.25) is 0 Å². The average Bonchev–Trinajstić information content (AvgIpc) is 2.43. The molecule has 106 valence electrons. The third-order valence-electron chi connectivity index (χ3n) is 3.68. The van der Waals surface area contributed by atoms with Gasteiger partial charge >= 0.3 is 0 Å². The summed E-state index contributed by atoms with van der Waals surface area (Å²) in [6.07, 6.45) is 0.934. The Balaban J connectivity index is 2.51. The highest BCUT2D eigenvalue weighted by atomic mass is 16.5. The molecular formula is C18H22O2. The summed E-state index contributed by atoms with van der Waals surface area (Å²) in [6, 6.07) is 12.0. The van der Waals surface area contributed by atoms with Crippen LogP contribution < -0.4 is 4.74 Å². The standard InChI is InChI=1S/C18H22O2/c1-5-16(17-10-12(2)6-7-18(17)19)14-8-13(3)9-15(11-14)20-4/h6-11,16,19H,5H2,1-4H3. The van der Waals surface area contributed by atoms with Crippen LogP contribution in [0.5, 0.6) is 11.5 Å². The lowest BCUT2D eigenvalue weighted by molar-refractivity contribution is 0.413. The zero-order chi connectivity index (χ0) is 14.7. The van der Waals surface area contributed by atoms with Gasteiger partial charge in [0.2, 0.25) is 0 Å². The number of benzene rings is 2. The molecule has 2 nitrogen and oxygen atoms in total. The second-order valence-electron chi connectivity index (χ2n) is 5.31. The molecule has 0 fully saturated rings. The number of aryl methyl sites for hydroxylation is 2. The summed E-state index contributed by atoms with van der Waals surface area (Å²) < 4.78 is 5.36. The number of aromatic hydroxyl groups is 1. The molecule has 2 rings (SSSR count). The average molecular weight is 270 g/mol. The number of hydrogen-bond donors (Lipinski definition) is 1. The molecule has 0 aromatic heterocycles. The molecule has 1 unspecified atom stereocenters. The van der Waals surface area contributed by atoms with Gasteiger partial charge in [0, 0.05) is 11.5 Å². The second kappa shape index (κ2) is 6.00. The lowest BCUT2D eigenvalue weighted by Gasteiger charge is -2.19. The Morgan fingerprint density at radius 3 is 2.45 bits per heavy atom. The number of hydrogen-bond acceptors (Lipinski definition) is 2. The lowest BCUT2D eigenvalue weighted by Crippen LogP contribution is -2.02. The highest BCUT2D eigenvalue weighted by molar-refractivity contribution is 5.46. The Bertz CT molecular complexity index is 602. The van der Waals surface area contributed by atoms with Crippen LogP contribution in [-0.2, 0) is 0 Å². The van der Waals surface area contributed by atoms with Crippen molar-refractivity contribution in [1.82, 2.24) is 0 Å². The van der Waals surface area contributed by atoms with E-state index in [-0.39, 0.29) is 5.92 Å². The minimum atomic E-state index is 0.184. The van der Waals surface area contributed by atoms with Gasteiger partial charge in [-0.3, -0.25) is 0 Å². The molecule has 0 heterocycles. The first kappa shape index (κ1) is 14.4. The van der Waals surface area contributed by atoms with E-state index in [2.05, 4.69) is 32.0 Å². The largest absolute Gasteiger partial charge is 0.508 e. The molecule has 0 saturated heterocycles. The summed E-state index contributed by atoms with van der Waals surface area (Å²) in [5.74, 6) is 1.41. The van der Waals surface area contributed by atoms with Crippen LogP contribution in [0, 0.1) is 13.8 Å². The van der Waals surface area contributed by atoms with Crippen molar-refractivity contribution in [2.24, 2.45) is 0 Å². The zero-order valence-corrected chi connectivity index (χ0v) is 12.6. The number of phenols is 1. The van der Waals surface area contributed by atoms with Crippen molar-refractivity contribution < 1.29 is 9.84 Å². The minimum absolute atomic E-state index is 0.184. The maximum Gasteiger partial charge on any atom is 0.119 e. The quantitative estimate of drug-likeness (QED) is 0.882. The van der Waals surface area contributed by atoms with Crippen LogP contribution in [0.3, 0.4) is 0 Å². The van der Waals surface area contributed by atoms with E-state index in [1.54, 1.807) is 13.2 Å². The Labute approximate surface area is 121 Å². The van der Waals surface area contributed by atoms with E-state index < -0.39 is 0 Å². The molecule has 2 heteroatoms. The van der Waals surface area contributed by atoms with Gasteiger partial charge in [0.05, 0.1) is 7.11 Å². The minimum Gasteiger partial charge on any atom is -0.508 e. The summed E-state index contributed by atoms with van der Waals surface area (Å²) in [7, 11) is 1.68. The third kappa shape index (κ3) is 2.96. The van der Waals surface area contributed by atoms with Crippen molar-refractivity contribution >= 4 is 0 Å². The summed E-state index contributed by atoms with van der Waals surface area (Å²) in [4.78, 5) is 0. The number of ether oxygens (including phenoxy) is 1. The first-order valence-corrected chi connectivity index (χ1v) is 7.00. The van der Waals surface area contributed by atoms with Gasteiger partial charge < -0.3 is 9.84 Å². The fourth-order valence-electron chi connectivity index (χ4n) is 2.68. The number of phenolic OH excluding ortho intramolecular Hbond substituents is 1. The maximum atomic E-state index is 10.2. The topological polar surface area (TPSA) is 29.5 Å². The highest BCUT2D eigenvalue weighted by Gasteiger charge is 2.17. The Kier molecular flexibility index (Phi) is 4.33. The van der Waals surface area contributed by atoms with E-state index in [1.165, 1.54) is 11.1 Å². The van der Waals surface area contributed by atoms with E-state index in [0.717, 1.165) is 23.3 Å². The van der Waals surface area contributed by atoms with Crippen LogP contribution in [0.1, 0.15) is 41.5 Å². The van der Waals surface area contributed by atoms with Crippen molar-refractivity contribution in [2.75, 3.05) is 7.11 Å². The van der Waals surface area contributed by atoms with Crippen LogP contribution in [-0.4, -0.2) is 12.2 Å². The molecule has 20 heavy (non-hydrogen) atoms. The van der Waals surface area contributed by atoms with E-state index in [4.69, 9.17) is 4.74 Å². The van der Waals surface area contributed by atoms with Gasteiger partial charge in [-0.15, -0.1) is 0 Å². The van der Waals surface area contributed by atoms with Gasteiger partial charge in [0.25, 0.3) is 0 Å². The fraction of sp³-hybridized carbons (Fsp3) is 0.333. The van der Waals surface area contributed by atoms with Crippen molar-refractivity contribution in [2.45, 2.75) is 33.1 Å². The molecule has 0 spiro atoms. The smallest absolute Gasteiger partial charge is 0.119 e. The molecule has 0 aliphatic rings. The Morgan fingerprint density at radius 2 is 1.80 bits per heavy atom. The van der Waals surface area contributed by atoms with Crippen LogP contribution >= 0.6 is 0 Å². The highest BCUT2D eigenvalue weighted by Crippen LogP contribution is 2.36. The van der Waals surface area contributed by atoms with E-state index in [1.807, 2.05) is 19.1 Å². The van der Waals surface area contributed by atoms with Gasteiger partial charge in [-0.2, -0.15) is 0 Å². The van der Waals surface area contributed by atoms with E-state index >= 15 is 0 Å². The molecular weight excluding hydrogens is 248 g/mol. The van der Waals surface area contributed by atoms with Crippen LogP contribution in [0.15, 0.2) is 36.4 Å². The predicted octanol–water partition coefficient (Wildman–Crippen LogP) is 4.56. The zero-order valence-electron chi connectivity index (χ0n) is 12.6. The van der Waals surface area contributed by atoms with Crippen molar-refractivity contribution in [3.63, 3.8) is 0 Å². The molecule has 1 atom stereocenters. The van der Waals surface area contributed by atoms with Crippen LogP contribution in [0.4, 0.5) is 0 Å². The molecule has 0 aliphatic heterocycles. The normalized spacial score (nSPS) is 12.2. The molecule has 2 aromatic rings. The summed E-state index contributed by atoms with van der Waals surface area (Å²) >= 11 is 0. The summed E-state index contributed by atoms with van der Waals surface area (Å²) in [5.41, 5.74) is 4.51. The maximum absolute atomic E-state index is 10.2. The lowest BCUT2D eigenvalue weighted by atomic mass is 9.87. The molecule has 0 aliphatic carbocycles. The van der Waals surface area contributed by atoms with E-state index in [0.29, 0.717) is 5.75 Å². The van der Waals surface area contributed by atoms with Crippen LogP contribution in [0.25, 0.3) is 0 Å². The predicted molar refractivity (Wildman–Crippen MR) is 82.7 cm³/mol. The number of methoxy groups -OCH3 is 1. The molecule has 0 bridgehead atoms. The first-order valence-electron chi connectivity index (χ1n) is 7.00. The number of rotatable bonds is 4. The Morgan fingerprint density at radius 1 is 1.05 bits per heavy atom. The van der Waals surface area contributed by atoms with E-state index in [9.17, 15) is 5.11 Å².